The van der Waals surface area contributed by atoms with Crippen LogP contribution in [0.25, 0.3) is 10.8 Å². The lowest BCUT2D eigenvalue weighted by molar-refractivity contribution is -0.145. The van der Waals surface area contributed by atoms with Crippen LogP contribution in [0.15, 0.2) is 42.5 Å². The van der Waals surface area contributed by atoms with Crippen LogP contribution in [0.3, 0.4) is 0 Å². The Morgan fingerprint density at radius 1 is 1.19 bits per heavy atom. The van der Waals surface area contributed by atoms with Crippen molar-refractivity contribution < 1.29 is 9.53 Å². The highest BCUT2D eigenvalue weighted by atomic mass is 35.5. The van der Waals surface area contributed by atoms with Crippen molar-refractivity contribution in [3.63, 3.8) is 0 Å². The van der Waals surface area contributed by atoms with Gasteiger partial charge in [0, 0.05) is 0 Å². The van der Waals surface area contributed by atoms with Crippen LogP contribution in [0.5, 0.6) is 0 Å². The van der Waals surface area contributed by atoms with E-state index in [1.54, 1.807) is 0 Å². The van der Waals surface area contributed by atoms with Crippen molar-refractivity contribution in [2.24, 2.45) is 5.92 Å². The summed E-state index contributed by atoms with van der Waals surface area (Å²) < 4.78 is 5.31. The zero-order valence-corrected chi connectivity index (χ0v) is 16.2. The molecule has 1 aliphatic heterocycles. The molecule has 1 saturated heterocycles. The highest BCUT2D eigenvalue weighted by molar-refractivity contribution is 5.86. The SMILES string of the molecule is CCOC(=O)C(Cc1cccc2ccccc12)NCC1CCNCC1.Cl. The van der Waals surface area contributed by atoms with Crippen LogP contribution in [-0.4, -0.2) is 38.3 Å². The smallest absolute Gasteiger partial charge is 0.323 e. The number of hydrogen-bond donors (Lipinski definition) is 2. The van der Waals surface area contributed by atoms with E-state index in [2.05, 4.69) is 41.0 Å². The van der Waals surface area contributed by atoms with Crippen molar-refractivity contribution in [3.05, 3.63) is 48.0 Å². The van der Waals surface area contributed by atoms with E-state index in [0.29, 0.717) is 18.9 Å². The van der Waals surface area contributed by atoms with Crippen molar-refractivity contribution in [2.75, 3.05) is 26.2 Å². The third kappa shape index (κ3) is 5.44. The van der Waals surface area contributed by atoms with Crippen molar-refractivity contribution in [3.8, 4) is 0 Å². The van der Waals surface area contributed by atoms with Gasteiger partial charge in [-0.15, -0.1) is 12.4 Å². The van der Waals surface area contributed by atoms with E-state index >= 15 is 0 Å². The topological polar surface area (TPSA) is 50.4 Å². The van der Waals surface area contributed by atoms with Gasteiger partial charge in [0.2, 0.25) is 0 Å². The monoisotopic (exact) mass is 376 g/mol. The Hall–Kier alpha value is -1.62. The zero-order chi connectivity index (χ0) is 17.5. The molecular formula is C21H29ClN2O2. The van der Waals surface area contributed by atoms with E-state index < -0.39 is 0 Å². The lowest BCUT2D eigenvalue weighted by atomic mass is 9.96. The summed E-state index contributed by atoms with van der Waals surface area (Å²) in [7, 11) is 0. The summed E-state index contributed by atoms with van der Waals surface area (Å²) in [5.41, 5.74) is 1.19. The van der Waals surface area contributed by atoms with Crippen LogP contribution in [0, 0.1) is 5.92 Å². The Balaban J connectivity index is 0.00000243. The second kappa shape index (κ2) is 10.5. The van der Waals surface area contributed by atoms with Crippen LogP contribution in [0.2, 0.25) is 0 Å². The van der Waals surface area contributed by atoms with Gasteiger partial charge in [-0.25, -0.2) is 0 Å². The quantitative estimate of drug-likeness (QED) is 0.728. The number of nitrogens with one attached hydrogen (secondary N) is 2. The molecule has 1 atom stereocenters. The second-order valence-corrected chi connectivity index (χ2v) is 6.75. The summed E-state index contributed by atoms with van der Waals surface area (Å²) in [6.07, 6.45) is 2.98. The molecule has 0 radical (unpaired) electrons. The van der Waals surface area contributed by atoms with Crippen molar-refractivity contribution in [2.45, 2.75) is 32.2 Å². The van der Waals surface area contributed by atoms with E-state index in [-0.39, 0.29) is 24.4 Å². The van der Waals surface area contributed by atoms with E-state index in [1.807, 2.05) is 19.1 Å². The third-order valence-electron chi connectivity index (χ3n) is 4.99. The molecule has 0 amide bonds. The molecule has 5 heteroatoms. The number of halogens is 1. The molecule has 2 N–H and O–H groups in total. The summed E-state index contributed by atoms with van der Waals surface area (Å²) in [5, 5.41) is 9.29. The summed E-state index contributed by atoms with van der Waals surface area (Å²) in [6.45, 7) is 5.29. The Kier molecular flexibility index (Phi) is 8.36. The van der Waals surface area contributed by atoms with Crippen LogP contribution in [0.4, 0.5) is 0 Å². The molecule has 1 heterocycles. The van der Waals surface area contributed by atoms with Gasteiger partial charge in [0.15, 0.2) is 0 Å². The fourth-order valence-corrected chi connectivity index (χ4v) is 3.57. The summed E-state index contributed by atoms with van der Waals surface area (Å²) in [6, 6.07) is 14.3. The van der Waals surface area contributed by atoms with Crippen LogP contribution < -0.4 is 10.6 Å². The predicted octanol–water partition coefficient (Wildman–Crippen LogP) is 3.33. The molecule has 1 fully saturated rings. The van der Waals surface area contributed by atoms with Gasteiger partial charge in [-0.2, -0.15) is 0 Å². The highest BCUT2D eigenvalue weighted by Gasteiger charge is 2.23. The van der Waals surface area contributed by atoms with Gasteiger partial charge in [-0.05, 0) is 68.1 Å². The number of carbonyl (C=O) groups excluding carboxylic acids is 1. The largest absolute Gasteiger partial charge is 0.465 e. The molecule has 1 unspecified atom stereocenters. The molecule has 26 heavy (non-hydrogen) atoms. The number of rotatable bonds is 7. The first-order valence-corrected chi connectivity index (χ1v) is 9.35. The first kappa shape index (κ1) is 20.7. The Morgan fingerprint density at radius 3 is 2.69 bits per heavy atom. The minimum atomic E-state index is -0.291. The average molecular weight is 377 g/mol. The molecule has 0 aliphatic carbocycles. The number of fused-ring (bicyclic) bond motifs is 1. The first-order valence-electron chi connectivity index (χ1n) is 9.35. The molecule has 0 saturated carbocycles. The summed E-state index contributed by atoms with van der Waals surface area (Å²) in [5.74, 6) is 0.482. The van der Waals surface area contributed by atoms with Gasteiger partial charge in [-0.3, -0.25) is 4.79 Å². The standard InChI is InChI=1S/C21H28N2O2.ClH/c1-2-25-21(24)20(23-15-16-10-12-22-13-11-16)14-18-8-5-7-17-6-3-4-9-19(17)18;/h3-9,16,20,22-23H,2,10-15H2,1H3;1H. The van der Waals surface area contributed by atoms with Crippen molar-refractivity contribution in [1.29, 1.82) is 0 Å². The molecule has 2 aromatic rings. The number of ether oxygens (including phenoxy) is 1. The number of benzene rings is 2. The van der Waals surface area contributed by atoms with Gasteiger partial charge in [0.1, 0.15) is 6.04 Å². The van der Waals surface area contributed by atoms with Gasteiger partial charge >= 0.3 is 5.97 Å². The molecule has 2 aromatic carbocycles. The number of piperidine rings is 1. The lowest BCUT2D eigenvalue weighted by Crippen LogP contribution is -2.44. The first-order chi connectivity index (χ1) is 12.3. The van der Waals surface area contributed by atoms with Crippen LogP contribution in [-0.2, 0) is 16.0 Å². The van der Waals surface area contributed by atoms with Gasteiger partial charge in [-0.1, -0.05) is 42.5 Å². The molecule has 0 spiro atoms. The maximum absolute atomic E-state index is 12.5. The van der Waals surface area contributed by atoms with Crippen LogP contribution in [0.1, 0.15) is 25.3 Å². The molecule has 0 aromatic heterocycles. The molecule has 1 aliphatic rings. The van der Waals surface area contributed by atoms with E-state index in [1.165, 1.54) is 16.3 Å². The zero-order valence-electron chi connectivity index (χ0n) is 15.4. The predicted molar refractivity (Wildman–Crippen MR) is 109 cm³/mol. The normalized spacial score (nSPS) is 16.0. The Morgan fingerprint density at radius 2 is 1.92 bits per heavy atom. The fourth-order valence-electron chi connectivity index (χ4n) is 3.57. The maximum Gasteiger partial charge on any atom is 0.323 e. The van der Waals surface area contributed by atoms with Crippen molar-refractivity contribution in [1.82, 2.24) is 10.6 Å². The molecule has 4 nitrogen and oxygen atoms in total. The number of esters is 1. The highest BCUT2D eigenvalue weighted by Crippen LogP contribution is 2.20. The van der Waals surface area contributed by atoms with E-state index in [9.17, 15) is 4.79 Å². The third-order valence-corrected chi connectivity index (χ3v) is 4.99. The minimum absolute atomic E-state index is 0. The molecule has 142 valence electrons. The van der Waals surface area contributed by atoms with Gasteiger partial charge in [0.25, 0.3) is 0 Å². The van der Waals surface area contributed by atoms with E-state index in [4.69, 9.17) is 4.74 Å². The fraction of sp³-hybridized carbons (Fsp3) is 0.476. The Bertz CT molecular complexity index is 696. The second-order valence-electron chi connectivity index (χ2n) is 6.75. The van der Waals surface area contributed by atoms with E-state index in [0.717, 1.165) is 32.5 Å². The summed E-state index contributed by atoms with van der Waals surface area (Å²) >= 11 is 0. The molecule has 0 bridgehead atoms. The minimum Gasteiger partial charge on any atom is -0.465 e. The van der Waals surface area contributed by atoms with Gasteiger partial charge in [0.05, 0.1) is 6.61 Å². The summed E-state index contributed by atoms with van der Waals surface area (Å²) in [4.78, 5) is 12.5. The lowest BCUT2D eigenvalue weighted by Gasteiger charge is -2.25. The van der Waals surface area contributed by atoms with Crippen LogP contribution >= 0.6 is 12.4 Å². The van der Waals surface area contributed by atoms with Gasteiger partial charge < -0.3 is 15.4 Å². The Labute approximate surface area is 162 Å². The van der Waals surface area contributed by atoms with Crippen molar-refractivity contribution >= 4 is 29.1 Å². The average Bonchev–Trinajstić information content (AvgIpc) is 2.66. The molecular weight excluding hydrogens is 348 g/mol. The maximum atomic E-state index is 12.5. The molecule has 3 rings (SSSR count). The number of carbonyl (C=O) groups is 1. The number of hydrogen-bond acceptors (Lipinski definition) is 4.